The number of ether oxygens (including phenoxy) is 1. The molecule has 0 spiro atoms. The van der Waals surface area contributed by atoms with Gasteiger partial charge in [0.15, 0.2) is 5.15 Å². The maximum Gasteiger partial charge on any atom is 0.421 e. The summed E-state index contributed by atoms with van der Waals surface area (Å²) in [6.45, 7) is 3.88. The molecular weight excluding hydrogens is 361 g/mol. The Kier molecular flexibility index (Phi) is 4.50. The normalized spacial score (nSPS) is 16.4. The highest BCUT2D eigenvalue weighted by Gasteiger charge is 2.36. The Labute approximate surface area is 146 Å². The monoisotopic (exact) mass is 376 g/mol. The van der Waals surface area contributed by atoms with Crippen LogP contribution in [0.1, 0.15) is 12.5 Å². The van der Waals surface area contributed by atoms with E-state index in [1.54, 1.807) is 4.68 Å². The van der Waals surface area contributed by atoms with Gasteiger partial charge in [0.05, 0.1) is 31.6 Å². The number of anilines is 3. The fourth-order valence-corrected chi connectivity index (χ4v) is 2.63. The van der Waals surface area contributed by atoms with Gasteiger partial charge in [-0.2, -0.15) is 23.3 Å². The van der Waals surface area contributed by atoms with Crippen molar-refractivity contribution in [3.8, 4) is 0 Å². The molecule has 0 radical (unpaired) electrons. The Bertz CT molecular complexity index is 774. The largest absolute Gasteiger partial charge is 0.421 e. The number of halogens is 4. The van der Waals surface area contributed by atoms with Crippen molar-refractivity contribution in [3.05, 3.63) is 23.1 Å². The molecule has 25 heavy (non-hydrogen) atoms. The van der Waals surface area contributed by atoms with E-state index in [-0.39, 0.29) is 17.2 Å². The molecule has 2 aromatic rings. The first-order chi connectivity index (χ1) is 11.7. The van der Waals surface area contributed by atoms with Gasteiger partial charge in [-0.15, -0.1) is 0 Å². The van der Waals surface area contributed by atoms with E-state index in [4.69, 9.17) is 16.3 Å². The summed E-state index contributed by atoms with van der Waals surface area (Å²) in [6, 6.07) is 0. The summed E-state index contributed by atoms with van der Waals surface area (Å²) in [5.74, 6) is -0.343. The van der Waals surface area contributed by atoms with Crippen molar-refractivity contribution in [3.63, 3.8) is 0 Å². The van der Waals surface area contributed by atoms with E-state index in [1.165, 1.54) is 13.2 Å². The van der Waals surface area contributed by atoms with Crippen molar-refractivity contribution in [2.45, 2.75) is 19.6 Å². The molecule has 0 aliphatic carbocycles. The number of aromatic nitrogens is 4. The summed E-state index contributed by atoms with van der Waals surface area (Å²) in [5, 5.41) is 9.72. The van der Waals surface area contributed by atoms with Crippen LogP contribution in [-0.4, -0.2) is 40.0 Å². The molecule has 0 bridgehead atoms. The van der Waals surface area contributed by atoms with Crippen LogP contribution in [-0.2, 0) is 17.5 Å². The molecule has 1 aliphatic heterocycles. The average Bonchev–Trinajstić information content (AvgIpc) is 2.85. The van der Waals surface area contributed by atoms with Crippen LogP contribution in [0.4, 0.5) is 30.6 Å². The second-order valence-corrected chi connectivity index (χ2v) is 6.50. The molecule has 3 rings (SSSR count). The van der Waals surface area contributed by atoms with E-state index in [0.29, 0.717) is 36.8 Å². The lowest BCUT2D eigenvalue weighted by atomic mass is 9.89. The highest BCUT2D eigenvalue weighted by Crippen LogP contribution is 2.35. The molecular formula is C14H16ClF3N6O. The van der Waals surface area contributed by atoms with Crippen molar-refractivity contribution in [2.24, 2.45) is 5.41 Å². The average molecular weight is 377 g/mol. The van der Waals surface area contributed by atoms with Crippen molar-refractivity contribution >= 4 is 29.1 Å². The second-order valence-electron chi connectivity index (χ2n) is 6.14. The van der Waals surface area contributed by atoms with Crippen molar-refractivity contribution in [1.29, 1.82) is 0 Å². The maximum atomic E-state index is 12.9. The molecule has 136 valence electrons. The molecule has 0 saturated carbocycles. The van der Waals surface area contributed by atoms with Crippen LogP contribution in [0.15, 0.2) is 12.4 Å². The van der Waals surface area contributed by atoms with Gasteiger partial charge in [-0.1, -0.05) is 18.5 Å². The van der Waals surface area contributed by atoms with Gasteiger partial charge in [-0.05, 0) is 0 Å². The minimum Gasteiger partial charge on any atom is -0.380 e. The molecule has 3 heterocycles. The SMILES string of the molecule is CNc1nc(Nc2cnn(CC3(C)COC3)c2Cl)ncc1C(F)(F)F. The second kappa shape index (κ2) is 6.34. The van der Waals surface area contributed by atoms with Gasteiger partial charge < -0.3 is 15.4 Å². The van der Waals surface area contributed by atoms with E-state index in [1.807, 2.05) is 0 Å². The first kappa shape index (κ1) is 17.7. The fraction of sp³-hybridized carbons (Fsp3) is 0.500. The minimum absolute atomic E-state index is 0.0167. The highest BCUT2D eigenvalue weighted by atomic mass is 35.5. The summed E-state index contributed by atoms with van der Waals surface area (Å²) in [7, 11) is 1.35. The lowest BCUT2D eigenvalue weighted by Crippen LogP contribution is -2.43. The Morgan fingerprint density at radius 1 is 1.36 bits per heavy atom. The highest BCUT2D eigenvalue weighted by molar-refractivity contribution is 6.32. The quantitative estimate of drug-likeness (QED) is 0.834. The van der Waals surface area contributed by atoms with Gasteiger partial charge >= 0.3 is 6.18 Å². The Morgan fingerprint density at radius 3 is 2.64 bits per heavy atom. The van der Waals surface area contributed by atoms with E-state index in [2.05, 4.69) is 32.6 Å². The fourth-order valence-electron chi connectivity index (χ4n) is 2.43. The van der Waals surface area contributed by atoms with Crippen LogP contribution in [0.3, 0.4) is 0 Å². The van der Waals surface area contributed by atoms with Gasteiger partial charge in [-0.25, -0.2) is 4.98 Å². The van der Waals surface area contributed by atoms with Gasteiger partial charge in [0.2, 0.25) is 5.95 Å². The number of alkyl halides is 3. The standard InChI is InChI=1S/C14H16ClF3N6O/c1-13(6-25-7-13)5-24-10(15)9(4-21-24)22-12-20-3-8(14(16,17)18)11(19-2)23-12/h3-4H,5-7H2,1-2H3,(H2,19,20,22,23). The molecule has 2 aromatic heterocycles. The zero-order chi connectivity index (χ0) is 18.2. The Hall–Kier alpha value is -2.07. The Balaban J connectivity index is 1.80. The van der Waals surface area contributed by atoms with E-state index >= 15 is 0 Å². The molecule has 11 heteroatoms. The lowest BCUT2D eigenvalue weighted by molar-refractivity contribution is -0.137. The molecule has 1 fully saturated rings. The molecule has 0 unspecified atom stereocenters. The van der Waals surface area contributed by atoms with Crippen LogP contribution in [0.25, 0.3) is 0 Å². The first-order valence-corrected chi connectivity index (χ1v) is 7.78. The zero-order valence-electron chi connectivity index (χ0n) is 13.5. The van der Waals surface area contributed by atoms with Crippen LogP contribution < -0.4 is 10.6 Å². The van der Waals surface area contributed by atoms with Crippen molar-refractivity contribution < 1.29 is 17.9 Å². The third-order valence-electron chi connectivity index (χ3n) is 3.79. The molecule has 0 aromatic carbocycles. The van der Waals surface area contributed by atoms with E-state index < -0.39 is 11.7 Å². The minimum atomic E-state index is -4.54. The number of nitrogens with one attached hydrogen (secondary N) is 2. The first-order valence-electron chi connectivity index (χ1n) is 7.40. The molecule has 1 aliphatic rings. The summed E-state index contributed by atoms with van der Waals surface area (Å²) in [4.78, 5) is 7.54. The van der Waals surface area contributed by atoms with Gasteiger partial charge in [0.25, 0.3) is 0 Å². The smallest absolute Gasteiger partial charge is 0.380 e. The molecule has 0 atom stereocenters. The Morgan fingerprint density at radius 2 is 2.08 bits per heavy atom. The van der Waals surface area contributed by atoms with Crippen LogP contribution in [0.2, 0.25) is 5.15 Å². The summed E-state index contributed by atoms with van der Waals surface area (Å²) in [6.07, 6.45) is -2.35. The third kappa shape index (κ3) is 3.64. The number of hydrogen-bond acceptors (Lipinski definition) is 6. The maximum absolute atomic E-state index is 12.9. The van der Waals surface area contributed by atoms with Gasteiger partial charge in [-0.3, -0.25) is 4.68 Å². The molecule has 1 saturated heterocycles. The lowest BCUT2D eigenvalue weighted by Gasteiger charge is -2.37. The predicted molar refractivity (Wildman–Crippen MR) is 86.0 cm³/mol. The molecule has 0 amide bonds. The van der Waals surface area contributed by atoms with Crippen LogP contribution in [0, 0.1) is 5.41 Å². The molecule has 7 nitrogen and oxygen atoms in total. The topological polar surface area (TPSA) is 76.9 Å². The number of hydrogen-bond donors (Lipinski definition) is 2. The molecule has 2 N–H and O–H groups in total. The summed E-state index contributed by atoms with van der Waals surface area (Å²) < 4.78 is 45.4. The van der Waals surface area contributed by atoms with Crippen LogP contribution >= 0.6 is 11.6 Å². The zero-order valence-corrected chi connectivity index (χ0v) is 14.2. The van der Waals surface area contributed by atoms with E-state index in [0.717, 1.165) is 0 Å². The predicted octanol–water partition coefficient (Wildman–Crippen LogP) is 3.17. The van der Waals surface area contributed by atoms with Crippen molar-refractivity contribution in [2.75, 3.05) is 30.9 Å². The van der Waals surface area contributed by atoms with Crippen molar-refractivity contribution in [1.82, 2.24) is 19.7 Å². The third-order valence-corrected chi connectivity index (χ3v) is 4.18. The summed E-state index contributed by atoms with van der Waals surface area (Å²) in [5.41, 5.74) is -0.565. The number of nitrogens with zero attached hydrogens (tertiary/aromatic N) is 4. The summed E-state index contributed by atoms with van der Waals surface area (Å²) >= 11 is 6.28. The van der Waals surface area contributed by atoms with E-state index in [9.17, 15) is 13.2 Å². The van der Waals surface area contributed by atoms with Gasteiger partial charge in [0, 0.05) is 18.7 Å². The number of rotatable bonds is 5. The van der Waals surface area contributed by atoms with Gasteiger partial charge in [0.1, 0.15) is 11.4 Å². The van der Waals surface area contributed by atoms with Crippen LogP contribution in [0.5, 0.6) is 0 Å².